The maximum Gasteiger partial charge on any atom is 0.133 e. The van der Waals surface area contributed by atoms with Crippen molar-refractivity contribution in [2.24, 2.45) is 0 Å². The van der Waals surface area contributed by atoms with E-state index in [1.807, 2.05) is 32.3 Å². The Kier molecular flexibility index (Phi) is 3.54. The number of halogens is 1. The largest absolute Gasteiger partial charge is 0.312 e. The highest BCUT2D eigenvalue weighted by atomic mass is 32.1. The quantitative estimate of drug-likeness (QED) is 0.901. The molecule has 0 amide bonds. The molecule has 0 aliphatic rings. The lowest BCUT2D eigenvalue weighted by molar-refractivity contribution is 0.627. The first-order valence-electron chi connectivity index (χ1n) is 5.51. The summed E-state index contributed by atoms with van der Waals surface area (Å²) in [5.74, 6) is -0.206. The molecule has 0 bridgehead atoms. The van der Waals surface area contributed by atoms with Gasteiger partial charge in [0, 0.05) is 17.0 Å². The van der Waals surface area contributed by atoms with E-state index in [1.165, 1.54) is 17.4 Å². The highest BCUT2D eigenvalue weighted by Crippen LogP contribution is 2.28. The van der Waals surface area contributed by atoms with Gasteiger partial charge in [-0.15, -0.1) is 11.3 Å². The van der Waals surface area contributed by atoms with Gasteiger partial charge in [-0.2, -0.15) is 0 Å². The molecule has 2 aromatic rings. The first kappa shape index (κ1) is 12.2. The summed E-state index contributed by atoms with van der Waals surface area (Å²) in [6, 6.07) is 5.42. The number of hydrogen-bond acceptors (Lipinski definition) is 3. The smallest absolute Gasteiger partial charge is 0.133 e. The van der Waals surface area contributed by atoms with Crippen LogP contribution >= 0.6 is 11.3 Å². The topological polar surface area (TPSA) is 24.9 Å². The minimum Gasteiger partial charge on any atom is -0.312 e. The molecular weight excluding hydrogens is 235 g/mol. The lowest BCUT2D eigenvalue weighted by Gasteiger charge is -2.05. The molecule has 0 aliphatic carbocycles. The molecule has 0 aliphatic heterocycles. The van der Waals surface area contributed by atoms with E-state index in [9.17, 15) is 4.39 Å². The van der Waals surface area contributed by atoms with Crippen molar-refractivity contribution in [1.82, 2.24) is 10.3 Å². The van der Waals surface area contributed by atoms with Gasteiger partial charge in [0.15, 0.2) is 0 Å². The van der Waals surface area contributed by atoms with Gasteiger partial charge < -0.3 is 5.32 Å². The molecule has 1 heterocycles. The molecule has 1 N–H and O–H groups in total. The minimum absolute atomic E-state index is 0.188. The molecule has 2 rings (SSSR count). The molecule has 0 fully saturated rings. The van der Waals surface area contributed by atoms with E-state index in [0.29, 0.717) is 5.56 Å². The van der Waals surface area contributed by atoms with Crippen LogP contribution in [0.4, 0.5) is 4.39 Å². The van der Waals surface area contributed by atoms with Gasteiger partial charge in [-0.05, 0) is 38.6 Å². The van der Waals surface area contributed by atoms with Crippen LogP contribution < -0.4 is 5.32 Å². The summed E-state index contributed by atoms with van der Waals surface area (Å²) in [5, 5.41) is 5.82. The van der Waals surface area contributed by atoms with Crippen LogP contribution in [-0.2, 0) is 0 Å². The molecule has 90 valence electrons. The molecular formula is C13H15FN2S. The van der Waals surface area contributed by atoms with Crippen molar-refractivity contribution < 1.29 is 4.39 Å². The number of nitrogens with one attached hydrogen (secondary N) is 1. The number of aryl methyl sites for hydroxylation is 1. The molecule has 2 nitrogen and oxygen atoms in total. The zero-order valence-corrected chi connectivity index (χ0v) is 10.9. The second-order valence-corrected chi connectivity index (χ2v) is 4.93. The Morgan fingerprint density at radius 1 is 1.41 bits per heavy atom. The van der Waals surface area contributed by atoms with Gasteiger partial charge in [-0.3, -0.25) is 0 Å². The van der Waals surface area contributed by atoms with Crippen molar-refractivity contribution in [1.29, 1.82) is 0 Å². The van der Waals surface area contributed by atoms with E-state index in [1.54, 1.807) is 6.07 Å². The molecule has 0 spiro atoms. The van der Waals surface area contributed by atoms with Crippen LogP contribution in [-0.4, -0.2) is 12.0 Å². The van der Waals surface area contributed by atoms with E-state index in [4.69, 9.17) is 0 Å². The van der Waals surface area contributed by atoms with Gasteiger partial charge in [-0.25, -0.2) is 9.37 Å². The number of thiazole rings is 1. The molecule has 0 radical (unpaired) electrons. The average Bonchev–Trinajstić information content (AvgIpc) is 2.77. The van der Waals surface area contributed by atoms with Gasteiger partial charge in [0.2, 0.25) is 0 Å². The molecule has 4 heteroatoms. The molecule has 17 heavy (non-hydrogen) atoms. The molecule has 1 unspecified atom stereocenters. The van der Waals surface area contributed by atoms with Gasteiger partial charge >= 0.3 is 0 Å². The highest BCUT2D eigenvalue weighted by molar-refractivity contribution is 7.13. The summed E-state index contributed by atoms with van der Waals surface area (Å²) in [6.07, 6.45) is 0. The first-order chi connectivity index (χ1) is 8.11. The van der Waals surface area contributed by atoms with Crippen LogP contribution in [0.5, 0.6) is 0 Å². The maximum atomic E-state index is 13.8. The van der Waals surface area contributed by atoms with E-state index in [-0.39, 0.29) is 11.9 Å². The molecule has 0 saturated carbocycles. The maximum absolute atomic E-state index is 13.8. The van der Waals surface area contributed by atoms with Crippen molar-refractivity contribution in [3.8, 4) is 10.6 Å². The van der Waals surface area contributed by atoms with Crippen LogP contribution in [0.3, 0.4) is 0 Å². The van der Waals surface area contributed by atoms with Crippen molar-refractivity contribution in [3.63, 3.8) is 0 Å². The van der Waals surface area contributed by atoms with Gasteiger partial charge in [0.05, 0.1) is 5.69 Å². The second-order valence-electron chi connectivity index (χ2n) is 4.07. The van der Waals surface area contributed by atoms with Crippen LogP contribution in [0, 0.1) is 12.7 Å². The van der Waals surface area contributed by atoms with Crippen molar-refractivity contribution in [3.05, 3.63) is 40.7 Å². The Morgan fingerprint density at radius 2 is 2.18 bits per heavy atom. The predicted molar refractivity (Wildman–Crippen MR) is 69.7 cm³/mol. The lowest BCUT2D eigenvalue weighted by Crippen LogP contribution is -2.12. The Hall–Kier alpha value is -1.26. The third-order valence-corrected chi connectivity index (χ3v) is 3.65. The molecule has 1 aromatic carbocycles. The number of benzene rings is 1. The molecule has 0 saturated heterocycles. The summed E-state index contributed by atoms with van der Waals surface area (Å²) in [4.78, 5) is 4.46. The Bertz CT molecular complexity index is 522. The van der Waals surface area contributed by atoms with Crippen molar-refractivity contribution in [2.45, 2.75) is 19.9 Å². The van der Waals surface area contributed by atoms with Crippen LogP contribution in [0.1, 0.15) is 24.2 Å². The number of rotatable bonds is 3. The fraction of sp³-hybridized carbons (Fsp3) is 0.308. The minimum atomic E-state index is -0.206. The summed E-state index contributed by atoms with van der Waals surface area (Å²) >= 11 is 1.48. The van der Waals surface area contributed by atoms with Crippen LogP contribution in [0.15, 0.2) is 23.6 Å². The normalized spacial score (nSPS) is 12.7. The fourth-order valence-corrected chi connectivity index (χ4v) is 2.49. The fourth-order valence-electron chi connectivity index (χ4n) is 1.55. The summed E-state index contributed by atoms with van der Waals surface area (Å²) in [7, 11) is 1.89. The van der Waals surface area contributed by atoms with Gasteiger partial charge in [0.1, 0.15) is 10.8 Å². The number of aromatic nitrogens is 1. The lowest BCUT2D eigenvalue weighted by atomic mass is 10.1. The van der Waals surface area contributed by atoms with E-state index < -0.39 is 0 Å². The van der Waals surface area contributed by atoms with Gasteiger partial charge in [-0.1, -0.05) is 6.07 Å². The molecule has 1 atom stereocenters. The third kappa shape index (κ3) is 2.53. The Labute approximate surface area is 105 Å². The van der Waals surface area contributed by atoms with Crippen molar-refractivity contribution in [2.75, 3.05) is 7.05 Å². The van der Waals surface area contributed by atoms with E-state index in [0.717, 1.165) is 16.3 Å². The van der Waals surface area contributed by atoms with Crippen LogP contribution in [0.2, 0.25) is 0 Å². The SMILES string of the molecule is CNC(C)c1csc(-c2ccc(C)cc2F)n1. The van der Waals surface area contributed by atoms with E-state index >= 15 is 0 Å². The summed E-state index contributed by atoms with van der Waals surface area (Å²) in [6.45, 7) is 3.91. The van der Waals surface area contributed by atoms with Gasteiger partial charge in [0.25, 0.3) is 0 Å². The Balaban J connectivity index is 2.37. The second kappa shape index (κ2) is 4.94. The van der Waals surface area contributed by atoms with E-state index in [2.05, 4.69) is 10.3 Å². The monoisotopic (exact) mass is 250 g/mol. The predicted octanol–water partition coefficient (Wildman–Crippen LogP) is 3.54. The highest BCUT2D eigenvalue weighted by Gasteiger charge is 2.12. The van der Waals surface area contributed by atoms with Crippen LogP contribution in [0.25, 0.3) is 10.6 Å². The summed E-state index contributed by atoms with van der Waals surface area (Å²) < 4.78 is 13.8. The summed E-state index contributed by atoms with van der Waals surface area (Å²) in [5.41, 5.74) is 2.45. The zero-order valence-electron chi connectivity index (χ0n) is 10.1. The molecule has 1 aromatic heterocycles. The van der Waals surface area contributed by atoms with Crippen molar-refractivity contribution >= 4 is 11.3 Å². The first-order valence-corrected chi connectivity index (χ1v) is 6.39. The number of hydrogen-bond donors (Lipinski definition) is 1. The average molecular weight is 250 g/mol. The zero-order chi connectivity index (χ0) is 12.4. The standard InChI is InChI=1S/C13H15FN2S/c1-8-4-5-10(11(14)6-8)13-16-12(7-17-13)9(2)15-3/h4-7,9,15H,1-3H3. The third-order valence-electron chi connectivity index (χ3n) is 2.75. The Morgan fingerprint density at radius 3 is 2.82 bits per heavy atom. The number of nitrogens with zero attached hydrogens (tertiary/aromatic N) is 1.